The summed E-state index contributed by atoms with van der Waals surface area (Å²) in [5, 5.41) is 0. The average molecular weight is 653 g/mol. The van der Waals surface area contributed by atoms with E-state index in [2.05, 4.69) is 191 Å². The molecule has 46 heavy (non-hydrogen) atoms. The minimum Gasteiger partial charge on any atom is -0.336 e. The average Bonchev–Trinajstić information content (AvgIpc) is 3.42. The van der Waals surface area contributed by atoms with Gasteiger partial charge in [-0.05, 0) is 91.5 Å². The lowest BCUT2D eigenvalue weighted by Gasteiger charge is -2.45. The Morgan fingerprint density at radius 1 is 0.413 bits per heavy atom. The Morgan fingerprint density at radius 3 is 1.39 bits per heavy atom. The van der Waals surface area contributed by atoms with Gasteiger partial charge in [0, 0.05) is 22.4 Å². The number of anilines is 2. The van der Waals surface area contributed by atoms with Crippen LogP contribution < -0.4 is 4.90 Å². The Morgan fingerprint density at radius 2 is 0.870 bits per heavy atom. The maximum Gasteiger partial charge on any atom is 0.0754 e. The van der Waals surface area contributed by atoms with Gasteiger partial charge in [-0.3, -0.25) is 0 Å². The maximum absolute atomic E-state index is 3.86. The summed E-state index contributed by atoms with van der Waals surface area (Å²) in [7, 11) is 0. The first kappa shape index (κ1) is 27.2. The second-order valence-corrected chi connectivity index (χ2v) is 13.1. The molecule has 0 aromatic heterocycles. The smallest absolute Gasteiger partial charge is 0.0754 e. The normalized spacial score (nSPS) is 13.5. The van der Waals surface area contributed by atoms with Crippen molar-refractivity contribution < 1.29 is 0 Å². The lowest BCUT2D eigenvalue weighted by molar-refractivity contribution is 0.735. The molecule has 9 rings (SSSR count). The molecule has 0 bridgehead atoms. The quantitative estimate of drug-likeness (QED) is 0.183. The Labute approximate surface area is 278 Å². The number of halogens is 1. The van der Waals surface area contributed by atoms with E-state index in [1.54, 1.807) is 0 Å². The van der Waals surface area contributed by atoms with Gasteiger partial charge in [0.25, 0.3) is 0 Å². The van der Waals surface area contributed by atoms with Crippen LogP contribution in [0.15, 0.2) is 174 Å². The minimum atomic E-state index is -0.488. The summed E-state index contributed by atoms with van der Waals surface area (Å²) in [4.78, 5) is 2.53. The van der Waals surface area contributed by atoms with Crippen molar-refractivity contribution in [1.82, 2.24) is 0 Å². The van der Waals surface area contributed by atoms with Gasteiger partial charge in [-0.1, -0.05) is 155 Å². The number of rotatable bonds is 4. The van der Waals surface area contributed by atoms with Crippen LogP contribution in [-0.2, 0) is 12.0 Å². The van der Waals surface area contributed by atoms with Crippen molar-refractivity contribution in [2.75, 3.05) is 4.90 Å². The molecule has 0 saturated heterocycles. The van der Waals surface area contributed by atoms with Crippen LogP contribution in [0.1, 0.15) is 27.8 Å². The van der Waals surface area contributed by atoms with Gasteiger partial charge in [0.1, 0.15) is 0 Å². The Kier molecular flexibility index (Phi) is 6.33. The number of hydrogen-bond donors (Lipinski definition) is 0. The number of benzene rings is 7. The van der Waals surface area contributed by atoms with Crippen LogP contribution in [0.2, 0.25) is 0 Å². The van der Waals surface area contributed by atoms with Gasteiger partial charge in [0.15, 0.2) is 0 Å². The van der Waals surface area contributed by atoms with E-state index in [4.69, 9.17) is 0 Å². The van der Waals surface area contributed by atoms with Gasteiger partial charge in [0.05, 0.1) is 5.41 Å². The topological polar surface area (TPSA) is 3.24 Å². The Bertz CT molecular complexity index is 2110. The van der Waals surface area contributed by atoms with Gasteiger partial charge < -0.3 is 4.90 Å². The molecule has 0 saturated carbocycles. The molecular formula is C44H30BrN. The van der Waals surface area contributed by atoms with Crippen LogP contribution in [-0.4, -0.2) is 0 Å². The highest BCUT2D eigenvalue weighted by molar-refractivity contribution is 9.10. The molecule has 0 amide bonds. The number of hydrogen-bond acceptors (Lipinski definition) is 1. The summed E-state index contributed by atoms with van der Waals surface area (Å²) in [6.45, 7) is 0.746. The van der Waals surface area contributed by atoms with Crippen molar-refractivity contribution in [3.8, 4) is 33.4 Å². The zero-order valence-corrected chi connectivity index (χ0v) is 26.8. The van der Waals surface area contributed by atoms with E-state index < -0.39 is 5.41 Å². The fourth-order valence-corrected chi connectivity index (χ4v) is 8.23. The predicted octanol–water partition coefficient (Wildman–Crippen LogP) is 11.8. The van der Waals surface area contributed by atoms with E-state index in [0.29, 0.717) is 0 Å². The predicted molar refractivity (Wildman–Crippen MR) is 195 cm³/mol. The van der Waals surface area contributed by atoms with Crippen LogP contribution in [0.5, 0.6) is 0 Å². The third-order valence-corrected chi connectivity index (χ3v) is 10.6. The largest absolute Gasteiger partial charge is 0.336 e. The molecule has 0 unspecified atom stereocenters. The minimum absolute atomic E-state index is 0.488. The molecule has 1 heterocycles. The molecule has 2 aliphatic rings. The van der Waals surface area contributed by atoms with E-state index in [1.807, 2.05) is 0 Å². The summed E-state index contributed by atoms with van der Waals surface area (Å²) in [6, 6.07) is 62.5. The Hall–Kier alpha value is -5.18. The first-order chi connectivity index (χ1) is 22.7. The molecule has 7 aromatic rings. The van der Waals surface area contributed by atoms with Crippen molar-refractivity contribution in [2.45, 2.75) is 12.0 Å². The fraction of sp³-hybridized carbons (Fsp3) is 0.0455. The monoisotopic (exact) mass is 651 g/mol. The third-order valence-electron chi connectivity index (χ3n) is 9.84. The molecule has 7 aromatic carbocycles. The van der Waals surface area contributed by atoms with Crippen LogP contribution in [0.25, 0.3) is 33.4 Å². The van der Waals surface area contributed by atoms with Crippen LogP contribution in [0.3, 0.4) is 0 Å². The molecular weight excluding hydrogens is 622 g/mol. The molecule has 1 nitrogen and oxygen atoms in total. The van der Waals surface area contributed by atoms with Crippen LogP contribution in [0, 0.1) is 0 Å². The third kappa shape index (κ3) is 4.00. The van der Waals surface area contributed by atoms with Crippen LogP contribution in [0.4, 0.5) is 11.4 Å². The van der Waals surface area contributed by atoms with Crippen LogP contribution >= 0.6 is 15.9 Å². The highest BCUT2D eigenvalue weighted by atomic mass is 79.9. The first-order valence-electron chi connectivity index (χ1n) is 15.8. The second kappa shape index (κ2) is 10.7. The summed E-state index contributed by atoms with van der Waals surface area (Å²) in [5.41, 5.74) is 16.1. The fourth-order valence-electron chi connectivity index (χ4n) is 7.82. The Balaban J connectivity index is 1.41. The molecule has 1 aliphatic heterocycles. The standard InChI is InChI=1S/C44H30BrN/c45-41-22-12-7-17-34(41)29-46-42-25-23-32(30-13-3-1-4-14-30)27-39(42)44(37-20-10-8-18-35(37)36-19-9-11-21-38(36)44)40-28-33(24-26-43(40)46)31-15-5-2-6-16-31/h1-28H,29H2. The lowest BCUT2D eigenvalue weighted by atomic mass is 9.64. The zero-order chi connectivity index (χ0) is 30.7. The second-order valence-electron chi connectivity index (χ2n) is 12.2. The highest BCUT2D eigenvalue weighted by Gasteiger charge is 2.51. The van der Waals surface area contributed by atoms with Gasteiger partial charge in [-0.15, -0.1) is 0 Å². The van der Waals surface area contributed by atoms with E-state index in [1.165, 1.54) is 72.6 Å². The summed E-state index contributed by atoms with van der Waals surface area (Å²) < 4.78 is 1.12. The lowest BCUT2D eigenvalue weighted by Crippen LogP contribution is -2.37. The van der Waals surface area contributed by atoms with Crippen molar-refractivity contribution in [3.63, 3.8) is 0 Å². The van der Waals surface area contributed by atoms with Crippen molar-refractivity contribution in [3.05, 3.63) is 202 Å². The van der Waals surface area contributed by atoms with Crippen molar-refractivity contribution in [1.29, 1.82) is 0 Å². The molecule has 2 heteroatoms. The molecule has 1 aliphatic carbocycles. The molecule has 0 N–H and O–H groups in total. The summed E-state index contributed by atoms with van der Waals surface area (Å²) in [5.74, 6) is 0. The molecule has 1 spiro atoms. The SMILES string of the molecule is Brc1ccccc1CN1c2ccc(-c3ccccc3)cc2C2(c3ccccc3-c3ccccc32)c2cc(-c3ccccc3)ccc21. The maximum atomic E-state index is 3.86. The summed E-state index contributed by atoms with van der Waals surface area (Å²) >= 11 is 3.86. The highest BCUT2D eigenvalue weighted by Crippen LogP contribution is 2.63. The molecule has 0 fully saturated rings. The number of fused-ring (bicyclic) bond motifs is 9. The van der Waals surface area contributed by atoms with E-state index in [-0.39, 0.29) is 0 Å². The molecule has 0 radical (unpaired) electrons. The zero-order valence-electron chi connectivity index (χ0n) is 25.2. The molecule has 0 atom stereocenters. The van der Waals surface area contributed by atoms with Gasteiger partial charge in [-0.2, -0.15) is 0 Å². The first-order valence-corrected chi connectivity index (χ1v) is 16.6. The van der Waals surface area contributed by atoms with Crippen molar-refractivity contribution in [2.24, 2.45) is 0 Å². The van der Waals surface area contributed by atoms with E-state index >= 15 is 0 Å². The van der Waals surface area contributed by atoms with Gasteiger partial charge in [-0.25, -0.2) is 0 Å². The van der Waals surface area contributed by atoms with E-state index in [9.17, 15) is 0 Å². The van der Waals surface area contributed by atoms with Gasteiger partial charge >= 0.3 is 0 Å². The van der Waals surface area contributed by atoms with Crippen molar-refractivity contribution >= 4 is 27.3 Å². The van der Waals surface area contributed by atoms with Gasteiger partial charge in [0.2, 0.25) is 0 Å². The summed E-state index contributed by atoms with van der Waals surface area (Å²) in [6.07, 6.45) is 0. The molecule has 218 valence electrons. The van der Waals surface area contributed by atoms with E-state index in [0.717, 1.165) is 11.0 Å². The number of nitrogens with zero attached hydrogens (tertiary/aromatic N) is 1.